The van der Waals surface area contributed by atoms with Crippen molar-refractivity contribution in [3.05, 3.63) is 23.4 Å². The van der Waals surface area contributed by atoms with E-state index in [4.69, 9.17) is 4.98 Å². The molecule has 1 unspecified atom stereocenters. The molecule has 0 bridgehead atoms. The summed E-state index contributed by atoms with van der Waals surface area (Å²) in [5.74, 6) is 2.02. The Morgan fingerprint density at radius 2 is 2.20 bits per heavy atom. The third-order valence-electron chi connectivity index (χ3n) is 4.18. The molecular formula is C17H29N3. The van der Waals surface area contributed by atoms with Crippen molar-refractivity contribution in [1.82, 2.24) is 10.3 Å². The van der Waals surface area contributed by atoms with Gasteiger partial charge in [0.1, 0.15) is 5.82 Å². The maximum absolute atomic E-state index is 4.75. The Balaban J connectivity index is 2.06. The van der Waals surface area contributed by atoms with Crippen LogP contribution in [0.25, 0.3) is 0 Å². The van der Waals surface area contributed by atoms with E-state index in [0.29, 0.717) is 0 Å². The number of hydrogen-bond acceptors (Lipinski definition) is 3. The number of hydrogen-bond donors (Lipinski definition) is 1. The maximum atomic E-state index is 4.75. The molecule has 0 amide bonds. The maximum Gasteiger partial charge on any atom is 0.129 e. The number of nitrogens with zero attached hydrogens (tertiary/aromatic N) is 2. The first-order chi connectivity index (χ1) is 9.72. The number of piperidine rings is 1. The van der Waals surface area contributed by atoms with Crippen LogP contribution in [-0.2, 0) is 6.54 Å². The van der Waals surface area contributed by atoms with Crippen LogP contribution in [0.4, 0.5) is 5.82 Å². The standard InChI is InChI=1S/C17H29N3/c1-4-8-18-12-16-10-14(3)19-17(11-16)20-9-6-7-15(5-2)13-20/h10-11,15,18H,4-9,12-13H2,1-3H3. The van der Waals surface area contributed by atoms with Gasteiger partial charge in [0.25, 0.3) is 0 Å². The number of pyridine rings is 1. The second-order valence-electron chi connectivity index (χ2n) is 6.01. The Bertz CT molecular complexity index is 417. The average molecular weight is 275 g/mol. The minimum Gasteiger partial charge on any atom is -0.356 e. The molecular weight excluding hydrogens is 246 g/mol. The Labute approximate surface area is 123 Å². The molecule has 0 aromatic carbocycles. The topological polar surface area (TPSA) is 28.2 Å². The van der Waals surface area contributed by atoms with Crippen molar-refractivity contribution in [2.75, 3.05) is 24.5 Å². The summed E-state index contributed by atoms with van der Waals surface area (Å²) in [6.45, 7) is 11.0. The van der Waals surface area contributed by atoms with Crippen molar-refractivity contribution in [2.45, 2.75) is 53.0 Å². The monoisotopic (exact) mass is 275 g/mol. The highest BCUT2D eigenvalue weighted by Gasteiger charge is 2.19. The van der Waals surface area contributed by atoms with Crippen molar-refractivity contribution >= 4 is 5.82 Å². The molecule has 0 saturated carbocycles. The fourth-order valence-corrected chi connectivity index (χ4v) is 3.00. The first-order valence-corrected chi connectivity index (χ1v) is 8.16. The van der Waals surface area contributed by atoms with Gasteiger partial charge in [-0.05, 0) is 56.3 Å². The van der Waals surface area contributed by atoms with Crippen molar-refractivity contribution in [3.63, 3.8) is 0 Å². The molecule has 1 aliphatic rings. The minimum atomic E-state index is 0.840. The van der Waals surface area contributed by atoms with Gasteiger partial charge in [0.15, 0.2) is 0 Å². The predicted octanol–water partition coefficient (Wildman–Crippen LogP) is 3.52. The lowest BCUT2D eigenvalue weighted by molar-refractivity contribution is 0.403. The van der Waals surface area contributed by atoms with Gasteiger partial charge in [0.2, 0.25) is 0 Å². The van der Waals surface area contributed by atoms with Crippen molar-refractivity contribution in [3.8, 4) is 0 Å². The highest BCUT2D eigenvalue weighted by atomic mass is 15.2. The molecule has 1 fully saturated rings. The Kier molecular flexibility index (Phi) is 5.84. The summed E-state index contributed by atoms with van der Waals surface area (Å²) in [7, 11) is 0. The van der Waals surface area contributed by atoms with Crippen LogP contribution in [0.2, 0.25) is 0 Å². The molecule has 0 radical (unpaired) electrons. The van der Waals surface area contributed by atoms with E-state index in [0.717, 1.165) is 31.2 Å². The van der Waals surface area contributed by atoms with Crippen molar-refractivity contribution < 1.29 is 0 Å². The van der Waals surface area contributed by atoms with Crippen LogP contribution in [0.3, 0.4) is 0 Å². The van der Waals surface area contributed by atoms with Crippen molar-refractivity contribution in [1.29, 1.82) is 0 Å². The number of aromatic nitrogens is 1. The summed E-state index contributed by atoms with van der Waals surface area (Å²) in [5.41, 5.74) is 2.49. The van der Waals surface area contributed by atoms with E-state index in [1.165, 1.54) is 43.6 Å². The van der Waals surface area contributed by atoms with Crippen LogP contribution in [0.1, 0.15) is 50.8 Å². The largest absolute Gasteiger partial charge is 0.356 e. The quantitative estimate of drug-likeness (QED) is 0.805. The first-order valence-electron chi connectivity index (χ1n) is 8.16. The fraction of sp³-hybridized carbons (Fsp3) is 0.706. The summed E-state index contributed by atoms with van der Waals surface area (Å²) in [4.78, 5) is 7.23. The van der Waals surface area contributed by atoms with Gasteiger partial charge in [-0.15, -0.1) is 0 Å². The summed E-state index contributed by atoms with van der Waals surface area (Å²) < 4.78 is 0. The molecule has 1 saturated heterocycles. The van der Waals surface area contributed by atoms with Gasteiger partial charge in [0.05, 0.1) is 0 Å². The van der Waals surface area contributed by atoms with Gasteiger partial charge in [-0.1, -0.05) is 20.3 Å². The van der Waals surface area contributed by atoms with Crippen LogP contribution in [0, 0.1) is 12.8 Å². The second kappa shape index (κ2) is 7.63. The van der Waals surface area contributed by atoms with E-state index in [1.54, 1.807) is 0 Å². The molecule has 1 aliphatic heterocycles. The SMILES string of the molecule is CCCNCc1cc(C)nc(N2CCCC(CC)C2)c1. The molecule has 2 rings (SSSR count). The zero-order chi connectivity index (χ0) is 14.4. The molecule has 112 valence electrons. The Hall–Kier alpha value is -1.09. The predicted molar refractivity (Wildman–Crippen MR) is 86.2 cm³/mol. The number of anilines is 1. The molecule has 0 spiro atoms. The lowest BCUT2D eigenvalue weighted by Crippen LogP contribution is -2.35. The van der Waals surface area contributed by atoms with E-state index >= 15 is 0 Å². The second-order valence-corrected chi connectivity index (χ2v) is 6.01. The molecule has 0 aliphatic carbocycles. The molecule has 1 atom stereocenters. The molecule has 3 nitrogen and oxygen atoms in total. The Morgan fingerprint density at radius 3 is 2.95 bits per heavy atom. The molecule has 2 heterocycles. The minimum absolute atomic E-state index is 0.840. The summed E-state index contributed by atoms with van der Waals surface area (Å²) in [6, 6.07) is 4.47. The lowest BCUT2D eigenvalue weighted by Gasteiger charge is -2.33. The van der Waals surface area contributed by atoms with Gasteiger partial charge in [-0.2, -0.15) is 0 Å². The highest BCUT2D eigenvalue weighted by molar-refractivity contribution is 5.43. The Morgan fingerprint density at radius 1 is 1.35 bits per heavy atom. The van der Waals surface area contributed by atoms with Crippen molar-refractivity contribution in [2.24, 2.45) is 5.92 Å². The first kappa shape index (κ1) is 15.3. The summed E-state index contributed by atoms with van der Waals surface area (Å²) in [6.07, 6.45) is 5.15. The van der Waals surface area contributed by atoms with E-state index in [9.17, 15) is 0 Å². The lowest BCUT2D eigenvalue weighted by atomic mass is 9.95. The smallest absolute Gasteiger partial charge is 0.129 e. The zero-order valence-electron chi connectivity index (χ0n) is 13.3. The van der Waals surface area contributed by atoms with Gasteiger partial charge in [-0.3, -0.25) is 0 Å². The van der Waals surface area contributed by atoms with Crippen LogP contribution in [0.5, 0.6) is 0 Å². The molecule has 1 aromatic rings. The summed E-state index contributed by atoms with van der Waals surface area (Å²) in [5, 5.41) is 3.48. The number of aryl methyl sites for hydroxylation is 1. The average Bonchev–Trinajstić information content (AvgIpc) is 2.47. The van der Waals surface area contributed by atoms with Gasteiger partial charge in [0, 0.05) is 25.3 Å². The molecule has 3 heteroatoms. The normalized spacial score (nSPS) is 19.4. The zero-order valence-corrected chi connectivity index (χ0v) is 13.3. The van der Waals surface area contributed by atoms with E-state index in [2.05, 4.69) is 43.1 Å². The number of rotatable bonds is 6. The fourth-order valence-electron chi connectivity index (χ4n) is 3.00. The third kappa shape index (κ3) is 4.20. The van der Waals surface area contributed by atoms with E-state index in [1.807, 2.05) is 0 Å². The van der Waals surface area contributed by atoms with Gasteiger partial charge >= 0.3 is 0 Å². The van der Waals surface area contributed by atoms with E-state index in [-0.39, 0.29) is 0 Å². The van der Waals surface area contributed by atoms with Crippen LogP contribution < -0.4 is 10.2 Å². The van der Waals surface area contributed by atoms with Crippen LogP contribution >= 0.6 is 0 Å². The third-order valence-corrected chi connectivity index (χ3v) is 4.18. The van der Waals surface area contributed by atoms with E-state index < -0.39 is 0 Å². The van der Waals surface area contributed by atoms with Gasteiger partial charge < -0.3 is 10.2 Å². The molecule has 20 heavy (non-hydrogen) atoms. The molecule has 1 aromatic heterocycles. The van der Waals surface area contributed by atoms with Crippen LogP contribution in [-0.4, -0.2) is 24.6 Å². The van der Waals surface area contributed by atoms with Gasteiger partial charge in [-0.25, -0.2) is 4.98 Å². The summed E-state index contributed by atoms with van der Waals surface area (Å²) >= 11 is 0. The highest BCUT2D eigenvalue weighted by Crippen LogP contribution is 2.24. The number of nitrogens with one attached hydrogen (secondary N) is 1. The molecule has 1 N–H and O–H groups in total. The van der Waals surface area contributed by atoms with Crippen LogP contribution in [0.15, 0.2) is 12.1 Å².